The number of hydrogen-bond acceptors (Lipinski definition) is 5. The molecule has 0 bridgehead atoms. The standard InChI is InChI=1S/C17H16BrNO2.C10H13NO.C7H5BrO2/c18-15-8-6-14(7-9-15)17(20)19-10-11-21-16(12-19)13-4-2-1-3-5-13;1-2-4-9(5-3-1)10-8-11-6-7-12-10;8-6-3-1-5(2-4-6)7(9)10/h1-9,16H,10-12H2;1-5,10-11H,6-8H2;1-4H,(H,9,10). The second kappa shape index (κ2) is 17.1. The minimum absolute atomic E-state index is 0.0423. The molecule has 6 rings (SSSR count). The van der Waals surface area contributed by atoms with Crippen LogP contribution in [0.3, 0.4) is 0 Å². The third-order valence-corrected chi connectivity index (χ3v) is 7.86. The van der Waals surface area contributed by atoms with Crippen LogP contribution in [0.5, 0.6) is 0 Å². The molecular formula is C34H34Br2N2O5. The van der Waals surface area contributed by atoms with E-state index in [1.807, 2.05) is 77.7 Å². The van der Waals surface area contributed by atoms with Crippen molar-refractivity contribution < 1.29 is 24.2 Å². The minimum Gasteiger partial charge on any atom is -0.478 e. The molecule has 43 heavy (non-hydrogen) atoms. The highest BCUT2D eigenvalue weighted by atomic mass is 79.9. The largest absolute Gasteiger partial charge is 0.478 e. The zero-order valence-electron chi connectivity index (χ0n) is 23.6. The van der Waals surface area contributed by atoms with Gasteiger partial charge in [0.15, 0.2) is 0 Å². The van der Waals surface area contributed by atoms with E-state index in [0.29, 0.717) is 30.8 Å². The fraction of sp³-hybridized carbons (Fsp3) is 0.235. The van der Waals surface area contributed by atoms with Gasteiger partial charge >= 0.3 is 5.97 Å². The van der Waals surface area contributed by atoms with Gasteiger partial charge in [0.25, 0.3) is 5.91 Å². The Labute approximate surface area is 269 Å². The number of carboxylic acids is 1. The molecule has 224 valence electrons. The van der Waals surface area contributed by atoms with Gasteiger partial charge in [-0.3, -0.25) is 4.79 Å². The lowest BCUT2D eigenvalue weighted by atomic mass is 10.1. The lowest BCUT2D eigenvalue weighted by Gasteiger charge is -2.33. The molecule has 0 aromatic heterocycles. The summed E-state index contributed by atoms with van der Waals surface area (Å²) in [6.07, 6.45) is 0.208. The molecule has 7 nitrogen and oxygen atoms in total. The van der Waals surface area contributed by atoms with Crippen LogP contribution in [0.25, 0.3) is 0 Å². The van der Waals surface area contributed by atoms with Crippen molar-refractivity contribution in [3.63, 3.8) is 0 Å². The van der Waals surface area contributed by atoms with Crippen LogP contribution < -0.4 is 5.32 Å². The smallest absolute Gasteiger partial charge is 0.335 e. The Kier molecular flexibility index (Phi) is 12.9. The fourth-order valence-electron chi connectivity index (χ4n) is 4.52. The van der Waals surface area contributed by atoms with Crippen LogP contribution in [0.15, 0.2) is 118 Å². The molecule has 2 N–H and O–H groups in total. The number of nitrogens with one attached hydrogen (secondary N) is 1. The molecular weight excluding hydrogens is 676 g/mol. The number of carbonyl (C=O) groups excluding carboxylic acids is 1. The number of carboxylic acid groups (broad SMARTS) is 1. The molecule has 0 radical (unpaired) electrons. The summed E-state index contributed by atoms with van der Waals surface area (Å²) < 4.78 is 13.3. The summed E-state index contributed by atoms with van der Waals surface area (Å²) in [5, 5.41) is 11.8. The average Bonchev–Trinajstić information content (AvgIpc) is 3.07. The Morgan fingerprint density at radius 3 is 1.72 bits per heavy atom. The van der Waals surface area contributed by atoms with Crippen LogP contribution >= 0.6 is 31.9 Å². The summed E-state index contributed by atoms with van der Waals surface area (Å²) in [7, 11) is 0. The van der Waals surface area contributed by atoms with Crippen LogP contribution in [0.2, 0.25) is 0 Å². The van der Waals surface area contributed by atoms with Crippen LogP contribution in [0.4, 0.5) is 0 Å². The van der Waals surface area contributed by atoms with Crippen molar-refractivity contribution in [2.75, 3.05) is 39.4 Å². The number of amides is 1. The van der Waals surface area contributed by atoms with Crippen LogP contribution in [-0.2, 0) is 9.47 Å². The number of halogens is 2. The third-order valence-electron chi connectivity index (χ3n) is 6.81. The molecule has 2 aliphatic rings. The first-order valence-electron chi connectivity index (χ1n) is 14.0. The summed E-state index contributed by atoms with van der Waals surface area (Å²) in [5.41, 5.74) is 3.41. The Morgan fingerprint density at radius 1 is 0.698 bits per heavy atom. The molecule has 2 atom stereocenters. The number of aromatic carboxylic acids is 1. The van der Waals surface area contributed by atoms with E-state index in [0.717, 1.165) is 34.2 Å². The Balaban J connectivity index is 0.000000163. The van der Waals surface area contributed by atoms with Crippen molar-refractivity contribution in [1.82, 2.24) is 10.2 Å². The van der Waals surface area contributed by atoms with Gasteiger partial charge in [0.05, 0.1) is 31.4 Å². The first kappa shape index (κ1) is 32.6. The van der Waals surface area contributed by atoms with Crippen LogP contribution in [-0.4, -0.2) is 61.3 Å². The molecule has 2 aliphatic heterocycles. The maximum atomic E-state index is 12.5. The van der Waals surface area contributed by atoms with Crippen molar-refractivity contribution in [2.24, 2.45) is 0 Å². The Hall–Kier alpha value is -3.34. The average molecular weight is 710 g/mol. The van der Waals surface area contributed by atoms with E-state index in [4.69, 9.17) is 14.6 Å². The quantitative estimate of drug-likeness (QED) is 0.234. The molecule has 2 saturated heterocycles. The first-order chi connectivity index (χ1) is 20.9. The minimum atomic E-state index is -0.896. The van der Waals surface area contributed by atoms with E-state index in [9.17, 15) is 9.59 Å². The Morgan fingerprint density at radius 2 is 1.21 bits per heavy atom. The second-order valence-corrected chi connectivity index (χ2v) is 11.6. The number of morpholine rings is 2. The highest BCUT2D eigenvalue weighted by molar-refractivity contribution is 9.10. The van der Waals surface area contributed by atoms with E-state index in [2.05, 4.69) is 49.3 Å². The zero-order chi connectivity index (χ0) is 30.4. The van der Waals surface area contributed by atoms with Gasteiger partial charge in [0, 0.05) is 34.1 Å². The molecule has 4 aromatic carbocycles. The normalized spacial score (nSPS) is 17.9. The molecule has 0 aliphatic carbocycles. The third kappa shape index (κ3) is 10.4. The first-order valence-corrected chi connectivity index (χ1v) is 15.6. The summed E-state index contributed by atoms with van der Waals surface area (Å²) in [4.78, 5) is 24.7. The summed E-state index contributed by atoms with van der Waals surface area (Å²) in [6.45, 7) is 4.53. The molecule has 4 aromatic rings. The topological polar surface area (TPSA) is 88.1 Å². The van der Waals surface area contributed by atoms with Crippen LogP contribution in [0.1, 0.15) is 44.1 Å². The number of ether oxygens (including phenoxy) is 2. The summed E-state index contributed by atoms with van der Waals surface area (Å²) in [5.74, 6) is -0.834. The lowest BCUT2D eigenvalue weighted by Crippen LogP contribution is -2.42. The summed E-state index contributed by atoms with van der Waals surface area (Å²) in [6, 6.07) is 34.4. The zero-order valence-corrected chi connectivity index (χ0v) is 26.7. The number of benzene rings is 4. The monoisotopic (exact) mass is 708 g/mol. The van der Waals surface area contributed by atoms with Gasteiger partial charge < -0.3 is 24.8 Å². The number of hydrogen-bond donors (Lipinski definition) is 2. The highest BCUT2D eigenvalue weighted by Crippen LogP contribution is 2.23. The van der Waals surface area contributed by atoms with Crippen molar-refractivity contribution >= 4 is 43.7 Å². The highest BCUT2D eigenvalue weighted by Gasteiger charge is 2.26. The molecule has 1 amide bonds. The molecule has 2 heterocycles. The predicted molar refractivity (Wildman–Crippen MR) is 174 cm³/mol. The van der Waals surface area contributed by atoms with Crippen molar-refractivity contribution in [1.29, 1.82) is 0 Å². The Bertz CT molecular complexity index is 1420. The molecule has 0 saturated carbocycles. The molecule has 9 heteroatoms. The lowest BCUT2D eigenvalue weighted by molar-refractivity contribution is -0.0228. The van der Waals surface area contributed by atoms with Gasteiger partial charge in [-0.15, -0.1) is 0 Å². The van der Waals surface area contributed by atoms with Crippen molar-refractivity contribution in [2.45, 2.75) is 12.2 Å². The van der Waals surface area contributed by atoms with Gasteiger partial charge in [-0.25, -0.2) is 4.79 Å². The van der Waals surface area contributed by atoms with E-state index in [1.54, 1.807) is 24.3 Å². The van der Waals surface area contributed by atoms with E-state index in [1.165, 1.54) is 5.56 Å². The number of carbonyl (C=O) groups is 2. The van der Waals surface area contributed by atoms with Crippen LogP contribution in [0, 0.1) is 0 Å². The van der Waals surface area contributed by atoms with E-state index < -0.39 is 5.97 Å². The SMILES string of the molecule is O=C(O)c1ccc(Br)cc1.O=C(c1ccc(Br)cc1)N1CCOC(c2ccccc2)C1.c1ccc(C2CNCCO2)cc1. The molecule has 2 fully saturated rings. The van der Waals surface area contributed by atoms with E-state index >= 15 is 0 Å². The fourth-order valence-corrected chi connectivity index (χ4v) is 5.05. The van der Waals surface area contributed by atoms with Crippen molar-refractivity contribution in [3.05, 3.63) is 140 Å². The van der Waals surface area contributed by atoms with E-state index in [-0.39, 0.29) is 18.1 Å². The van der Waals surface area contributed by atoms with Gasteiger partial charge in [0.1, 0.15) is 6.10 Å². The van der Waals surface area contributed by atoms with Gasteiger partial charge in [-0.2, -0.15) is 0 Å². The molecule has 2 unspecified atom stereocenters. The molecule has 0 spiro atoms. The summed E-state index contributed by atoms with van der Waals surface area (Å²) >= 11 is 6.59. The second-order valence-electron chi connectivity index (χ2n) is 9.81. The van der Waals surface area contributed by atoms with Gasteiger partial charge in [-0.05, 0) is 59.7 Å². The maximum absolute atomic E-state index is 12.5. The van der Waals surface area contributed by atoms with Gasteiger partial charge in [-0.1, -0.05) is 92.5 Å². The predicted octanol–water partition coefficient (Wildman–Crippen LogP) is 7.16. The number of rotatable bonds is 4. The van der Waals surface area contributed by atoms with Gasteiger partial charge in [0.2, 0.25) is 0 Å². The van der Waals surface area contributed by atoms with Crippen molar-refractivity contribution in [3.8, 4) is 0 Å². The number of nitrogens with zero attached hydrogens (tertiary/aromatic N) is 1. The maximum Gasteiger partial charge on any atom is 0.335 e.